The number of nitrogens with one attached hydrogen (secondary N) is 1. The van der Waals surface area contributed by atoms with Crippen molar-refractivity contribution in [2.24, 2.45) is 0 Å². The van der Waals surface area contributed by atoms with E-state index in [4.69, 9.17) is 0 Å². The minimum atomic E-state index is -0.0285. The van der Waals surface area contributed by atoms with Crippen LogP contribution in [0.25, 0.3) is 0 Å². The van der Waals surface area contributed by atoms with Crippen LogP contribution in [0.1, 0.15) is 27.5 Å². The zero-order valence-electron chi connectivity index (χ0n) is 18.6. The van der Waals surface area contributed by atoms with Crippen molar-refractivity contribution in [2.75, 3.05) is 39.8 Å². The molecule has 1 aliphatic rings. The number of hydrogen-bond acceptors (Lipinski definition) is 4. The first kappa shape index (κ1) is 22.6. The topological polar surface area (TPSA) is 35.6 Å². The van der Waals surface area contributed by atoms with Gasteiger partial charge in [-0.05, 0) is 42.4 Å². The van der Waals surface area contributed by atoms with Crippen LogP contribution in [0.15, 0.2) is 89.8 Å². The molecule has 0 bridgehead atoms. The average molecular weight is 446 g/mol. The summed E-state index contributed by atoms with van der Waals surface area (Å²) in [5.74, 6) is 0.903. The maximum Gasteiger partial charge on any atom is 0.251 e. The van der Waals surface area contributed by atoms with Crippen LogP contribution in [0.2, 0.25) is 0 Å². The molecule has 1 fully saturated rings. The highest BCUT2D eigenvalue weighted by Crippen LogP contribution is 2.23. The van der Waals surface area contributed by atoms with Crippen molar-refractivity contribution in [1.29, 1.82) is 0 Å². The predicted molar refractivity (Wildman–Crippen MR) is 133 cm³/mol. The number of carbonyl (C=O) groups excluding carboxylic acids is 1. The van der Waals surface area contributed by atoms with Crippen LogP contribution in [0.5, 0.6) is 0 Å². The number of thioether (sulfide) groups is 1. The zero-order chi connectivity index (χ0) is 22.2. The highest BCUT2D eigenvalue weighted by molar-refractivity contribution is 7.98. The largest absolute Gasteiger partial charge is 0.344 e. The SMILES string of the molecule is CN1CCN(CC(NC(=O)c2ccc(SCc3ccccc3)cc2)c2ccccc2)CC1. The van der Waals surface area contributed by atoms with Gasteiger partial charge in [-0.25, -0.2) is 0 Å². The second-order valence-corrected chi connectivity index (χ2v) is 9.39. The summed E-state index contributed by atoms with van der Waals surface area (Å²) in [4.78, 5) is 19.0. The molecule has 4 nitrogen and oxygen atoms in total. The van der Waals surface area contributed by atoms with E-state index in [0.717, 1.165) is 44.0 Å². The van der Waals surface area contributed by atoms with Crippen molar-refractivity contribution < 1.29 is 4.79 Å². The molecular weight excluding hydrogens is 414 g/mol. The number of benzene rings is 3. The monoisotopic (exact) mass is 445 g/mol. The van der Waals surface area contributed by atoms with E-state index in [1.807, 2.05) is 48.5 Å². The fraction of sp³-hybridized carbons (Fsp3) is 0.296. The summed E-state index contributed by atoms with van der Waals surface area (Å²) in [6.45, 7) is 5.02. The molecule has 4 rings (SSSR count). The molecule has 1 N–H and O–H groups in total. The van der Waals surface area contributed by atoms with Gasteiger partial charge in [-0.2, -0.15) is 0 Å². The number of rotatable bonds is 8. The summed E-state index contributed by atoms with van der Waals surface area (Å²) < 4.78 is 0. The van der Waals surface area contributed by atoms with Gasteiger partial charge >= 0.3 is 0 Å². The normalized spacial score (nSPS) is 15.9. The molecule has 0 spiro atoms. The van der Waals surface area contributed by atoms with Gasteiger partial charge in [0.1, 0.15) is 0 Å². The highest BCUT2D eigenvalue weighted by atomic mass is 32.2. The summed E-state index contributed by atoms with van der Waals surface area (Å²) in [7, 11) is 2.16. The van der Waals surface area contributed by atoms with E-state index in [-0.39, 0.29) is 11.9 Å². The molecular formula is C27H31N3OS. The summed E-state index contributed by atoms with van der Waals surface area (Å²) in [5, 5.41) is 3.28. The zero-order valence-corrected chi connectivity index (χ0v) is 19.4. The fourth-order valence-electron chi connectivity index (χ4n) is 3.89. The maximum atomic E-state index is 13.1. The lowest BCUT2D eigenvalue weighted by molar-refractivity contribution is 0.0907. The molecule has 0 aliphatic carbocycles. The van der Waals surface area contributed by atoms with Crippen LogP contribution in [-0.4, -0.2) is 55.5 Å². The highest BCUT2D eigenvalue weighted by Gasteiger charge is 2.21. The van der Waals surface area contributed by atoms with Crippen molar-refractivity contribution in [3.8, 4) is 0 Å². The van der Waals surface area contributed by atoms with Crippen LogP contribution in [-0.2, 0) is 5.75 Å². The first-order valence-corrected chi connectivity index (χ1v) is 12.2. The lowest BCUT2D eigenvalue weighted by atomic mass is 10.0. The molecule has 1 aliphatic heterocycles. The molecule has 166 valence electrons. The third-order valence-corrected chi connectivity index (χ3v) is 6.99. The van der Waals surface area contributed by atoms with Crippen molar-refractivity contribution in [3.63, 3.8) is 0 Å². The molecule has 3 aromatic carbocycles. The van der Waals surface area contributed by atoms with Crippen molar-refractivity contribution in [1.82, 2.24) is 15.1 Å². The van der Waals surface area contributed by atoms with E-state index in [1.54, 1.807) is 11.8 Å². The summed E-state index contributed by atoms with van der Waals surface area (Å²) in [5.41, 5.74) is 3.15. The Bertz CT molecular complexity index is 971. The van der Waals surface area contributed by atoms with Gasteiger partial charge in [0, 0.05) is 48.9 Å². The van der Waals surface area contributed by atoms with Gasteiger partial charge in [0.05, 0.1) is 6.04 Å². The number of nitrogens with zero attached hydrogens (tertiary/aromatic N) is 2. The number of hydrogen-bond donors (Lipinski definition) is 1. The molecule has 3 aromatic rings. The molecule has 1 amide bonds. The second kappa shape index (κ2) is 11.3. The fourth-order valence-corrected chi connectivity index (χ4v) is 4.75. The van der Waals surface area contributed by atoms with Gasteiger partial charge in [-0.3, -0.25) is 9.69 Å². The Morgan fingerprint density at radius 3 is 2.16 bits per heavy atom. The van der Waals surface area contributed by atoms with Crippen LogP contribution >= 0.6 is 11.8 Å². The molecule has 1 unspecified atom stereocenters. The predicted octanol–water partition coefficient (Wildman–Crippen LogP) is 4.70. The Balaban J connectivity index is 1.38. The number of likely N-dealkylation sites (N-methyl/N-ethyl adjacent to an activating group) is 1. The summed E-state index contributed by atoms with van der Waals surface area (Å²) in [6, 6.07) is 28.7. The first-order valence-electron chi connectivity index (χ1n) is 11.2. The maximum absolute atomic E-state index is 13.1. The molecule has 1 heterocycles. The molecule has 1 atom stereocenters. The van der Waals surface area contributed by atoms with Gasteiger partial charge in [0.15, 0.2) is 0 Å². The standard InChI is InChI=1S/C27H31N3OS/c1-29-16-18-30(19-17-29)20-26(23-10-6-3-7-11-23)28-27(31)24-12-14-25(15-13-24)32-21-22-8-4-2-5-9-22/h2-15,26H,16-21H2,1H3,(H,28,31). The van der Waals surface area contributed by atoms with Crippen molar-refractivity contribution in [3.05, 3.63) is 102 Å². The molecule has 5 heteroatoms. The first-order chi connectivity index (χ1) is 15.7. The lowest BCUT2D eigenvalue weighted by Crippen LogP contribution is -2.47. The Morgan fingerprint density at radius 2 is 1.50 bits per heavy atom. The Labute approximate surface area is 195 Å². The summed E-state index contributed by atoms with van der Waals surface area (Å²) >= 11 is 1.79. The van der Waals surface area contributed by atoms with Crippen LogP contribution in [0.3, 0.4) is 0 Å². The smallest absolute Gasteiger partial charge is 0.251 e. The van der Waals surface area contributed by atoms with Crippen LogP contribution < -0.4 is 5.32 Å². The molecule has 0 aromatic heterocycles. The number of carbonyl (C=O) groups is 1. The quantitative estimate of drug-likeness (QED) is 0.510. The summed E-state index contributed by atoms with van der Waals surface area (Å²) in [6.07, 6.45) is 0. The van der Waals surface area contributed by atoms with E-state index in [0.29, 0.717) is 5.56 Å². The van der Waals surface area contributed by atoms with Crippen LogP contribution in [0.4, 0.5) is 0 Å². The van der Waals surface area contributed by atoms with Crippen LogP contribution in [0, 0.1) is 0 Å². The molecule has 32 heavy (non-hydrogen) atoms. The third kappa shape index (κ3) is 6.45. The van der Waals surface area contributed by atoms with Crippen molar-refractivity contribution >= 4 is 17.7 Å². The van der Waals surface area contributed by atoms with E-state index >= 15 is 0 Å². The molecule has 0 radical (unpaired) electrons. The molecule has 1 saturated heterocycles. The van der Waals surface area contributed by atoms with Gasteiger partial charge in [-0.15, -0.1) is 11.8 Å². The van der Waals surface area contributed by atoms with Gasteiger partial charge in [0.25, 0.3) is 5.91 Å². The Morgan fingerprint density at radius 1 is 0.875 bits per heavy atom. The minimum absolute atomic E-state index is 0.0208. The minimum Gasteiger partial charge on any atom is -0.344 e. The van der Waals surface area contributed by atoms with E-state index in [1.165, 1.54) is 10.5 Å². The van der Waals surface area contributed by atoms with Crippen molar-refractivity contribution in [2.45, 2.75) is 16.7 Å². The van der Waals surface area contributed by atoms with Gasteiger partial charge in [-0.1, -0.05) is 60.7 Å². The van der Waals surface area contributed by atoms with Gasteiger partial charge in [0.2, 0.25) is 0 Å². The van der Waals surface area contributed by atoms with E-state index in [9.17, 15) is 4.79 Å². The number of amides is 1. The third-order valence-electron chi connectivity index (χ3n) is 5.91. The second-order valence-electron chi connectivity index (χ2n) is 8.34. The lowest BCUT2D eigenvalue weighted by Gasteiger charge is -2.35. The molecule has 0 saturated carbocycles. The average Bonchev–Trinajstić information content (AvgIpc) is 2.85. The Hall–Kier alpha value is -2.60. The van der Waals surface area contributed by atoms with E-state index in [2.05, 4.69) is 58.6 Å². The van der Waals surface area contributed by atoms with E-state index < -0.39 is 0 Å². The van der Waals surface area contributed by atoms with Gasteiger partial charge < -0.3 is 10.2 Å². The Kier molecular flexibility index (Phi) is 7.99. The number of piperazine rings is 1.